The lowest BCUT2D eigenvalue weighted by atomic mass is 9.97. The van der Waals surface area contributed by atoms with E-state index in [1.807, 2.05) is 6.92 Å². The fourth-order valence-electron chi connectivity index (χ4n) is 3.06. The molecule has 2 fully saturated rings. The first-order valence-electron chi connectivity index (χ1n) is 7.24. The minimum absolute atomic E-state index is 0.0345. The van der Waals surface area contributed by atoms with Crippen LogP contribution in [0.1, 0.15) is 18.4 Å². The van der Waals surface area contributed by atoms with Gasteiger partial charge in [0.05, 0.1) is 18.1 Å². The zero-order valence-corrected chi connectivity index (χ0v) is 12.0. The number of hydrogen-bond donors (Lipinski definition) is 0. The highest BCUT2D eigenvalue weighted by atomic mass is 16.7. The fraction of sp³-hybridized carbons (Fsp3) is 0.643. The predicted octanol–water partition coefficient (Wildman–Crippen LogP) is 1.89. The third-order valence-corrected chi connectivity index (χ3v) is 4.04. The monoisotopic (exact) mass is 293 g/mol. The third kappa shape index (κ3) is 2.98. The van der Waals surface area contributed by atoms with Gasteiger partial charge in [0.25, 0.3) is 5.69 Å². The van der Waals surface area contributed by atoms with Gasteiger partial charge in [-0.3, -0.25) is 10.1 Å². The molecule has 7 nitrogen and oxygen atoms in total. The largest absolute Gasteiger partial charge is 0.356 e. The molecule has 2 aliphatic rings. The Labute approximate surface area is 123 Å². The first-order valence-corrected chi connectivity index (χ1v) is 7.24. The van der Waals surface area contributed by atoms with E-state index in [1.165, 1.54) is 6.20 Å². The van der Waals surface area contributed by atoms with Crippen LogP contribution in [-0.2, 0) is 9.47 Å². The number of anilines is 1. The van der Waals surface area contributed by atoms with Crippen molar-refractivity contribution in [3.8, 4) is 0 Å². The molecule has 0 spiro atoms. The summed E-state index contributed by atoms with van der Waals surface area (Å²) in [4.78, 5) is 16.8. The van der Waals surface area contributed by atoms with Crippen molar-refractivity contribution < 1.29 is 14.4 Å². The van der Waals surface area contributed by atoms with E-state index >= 15 is 0 Å². The second-order valence-corrected chi connectivity index (χ2v) is 5.55. The first kappa shape index (κ1) is 14.2. The van der Waals surface area contributed by atoms with Gasteiger partial charge in [-0.2, -0.15) is 0 Å². The number of nitrogens with zero attached hydrogens (tertiary/aromatic N) is 3. The van der Waals surface area contributed by atoms with Gasteiger partial charge in [0.2, 0.25) is 0 Å². The average Bonchev–Trinajstić information content (AvgIpc) is 3.01. The van der Waals surface area contributed by atoms with E-state index in [0.717, 1.165) is 37.3 Å². The van der Waals surface area contributed by atoms with Crippen LogP contribution >= 0.6 is 0 Å². The van der Waals surface area contributed by atoms with E-state index in [4.69, 9.17) is 9.47 Å². The molecule has 21 heavy (non-hydrogen) atoms. The number of nitro groups is 1. The standard InChI is InChI=1S/C14H19N3O4/c1-10-7-12(17(18)19)8-15-13(10)16-4-2-3-11(9-16)14-20-5-6-21-14/h7-8,11,14H,2-6,9H2,1H3. The first-order chi connectivity index (χ1) is 10.1. The summed E-state index contributed by atoms with van der Waals surface area (Å²) in [5, 5.41) is 10.8. The van der Waals surface area contributed by atoms with E-state index in [0.29, 0.717) is 19.1 Å². The van der Waals surface area contributed by atoms with Gasteiger partial charge >= 0.3 is 0 Å². The lowest BCUT2D eigenvalue weighted by Gasteiger charge is -2.36. The average molecular weight is 293 g/mol. The molecule has 2 aliphatic heterocycles. The Hall–Kier alpha value is -1.73. The van der Waals surface area contributed by atoms with Crippen LogP contribution in [0, 0.1) is 23.0 Å². The maximum absolute atomic E-state index is 10.8. The Morgan fingerprint density at radius 3 is 2.86 bits per heavy atom. The molecule has 1 unspecified atom stereocenters. The second kappa shape index (κ2) is 5.95. The molecular weight excluding hydrogens is 274 g/mol. The van der Waals surface area contributed by atoms with Gasteiger partial charge in [0, 0.05) is 25.1 Å². The van der Waals surface area contributed by atoms with Gasteiger partial charge in [-0.05, 0) is 25.3 Å². The summed E-state index contributed by atoms with van der Waals surface area (Å²) in [6, 6.07) is 1.58. The lowest BCUT2D eigenvalue weighted by molar-refractivity contribution is -0.385. The van der Waals surface area contributed by atoms with E-state index in [9.17, 15) is 10.1 Å². The van der Waals surface area contributed by atoms with Crippen molar-refractivity contribution in [2.45, 2.75) is 26.1 Å². The molecule has 7 heteroatoms. The molecular formula is C14H19N3O4. The summed E-state index contributed by atoms with van der Waals surface area (Å²) in [6.45, 7) is 4.92. The van der Waals surface area contributed by atoms with E-state index in [1.54, 1.807) is 6.07 Å². The van der Waals surface area contributed by atoms with E-state index < -0.39 is 4.92 Å². The smallest absolute Gasteiger partial charge is 0.287 e. The molecule has 0 aliphatic carbocycles. The van der Waals surface area contributed by atoms with Crippen molar-refractivity contribution in [2.24, 2.45) is 5.92 Å². The zero-order chi connectivity index (χ0) is 14.8. The topological polar surface area (TPSA) is 77.7 Å². The maximum atomic E-state index is 10.8. The van der Waals surface area contributed by atoms with Crippen LogP contribution in [0.5, 0.6) is 0 Å². The molecule has 2 saturated heterocycles. The molecule has 1 aromatic heterocycles. The highest BCUT2D eigenvalue weighted by Crippen LogP contribution is 2.29. The summed E-state index contributed by atoms with van der Waals surface area (Å²) >= 11 is 0. The van der Waals surface area contributed by atoms with Crippen LogP contribution in [0.2, 0.25) is 0 Å². The second-order valence-electron chi connectivity index (χ2n) is 5.55. The zero-order valence-electron chi connectivity index (χ0n) is 12.0. The Morgan fingerprint density at radius 1 is 1.43 bits per heavy atom. The number of aromatic nitrogens is 1. The molecule has 3 rings (SSSR count). The molecule has 1 atom stereocenters. The Balaban J connectivity index is 1.75. The minimum Gasteiger partial charge on any atom is -0.356 e. The van der Waals surface area contributed by atoms with E-state index in [2.05, 4.69) is 9.88 Å². The summed E-state index contributed by atoms with van der Waals surface area (Å²) in [6.07, 6.45) is 3.33. The fourth-order valence-corrected chi connectivity index (χ4v) is 3.06. The Morgan fingerprint density at radius 2 is 2.19 bits per heavy atom. The van der Waals surface area contributed by atoms with Crippen molar-refractivity contribution >= 4 is 11.5 Å². The molecule has 1 aromatic rings. The van der Waals surface area contributed by atoms with Crippen LogP contribution in [0.15, 0.2) is 12.3 Å². The van der Waals surface area contributed by atoms with Crippen molar-refractivity contribution in [3.63, 3.8) is 0 Å². The SMILES string of the molecule is Cc1cc([N+](=O)[O-])cnc1N1CCCC(C2OCCO2)C1. The molecule has 3 heterocycles. The molecule has 114 valence electrons. The van der Waals surface area contributed by atoms with Gasteiger partial charge < -0.3 is 14.4 Å². The van der Waals surface area contributed by atoms with Crippen molar-refractivity contribution in [1.82, 2.24) is 4.98 Å². The number of piperidine rings is 1. The summed E-state index contributed by atoms with van der Waals surface area (Å²) in [5.41, 5.74) is 0.866. The molecule has 0 bridgehead atoms. The molecule has 0 amide bonds. The lowest BCUT2D eigenvalue weighted by Crippen LogP contribution is -2.41. The van der Waals surface area contributed by atoms with Gasteiger partial charge in [0.15, 0.2) is 6.29 Å². The minimum atomic E-state index is -0.414. The van der Waals surface area contributed by atoms with Crippen molar-refractivity contribution in [3.05, 3.63) is 27.9 Å². The molecule has 0 aromatic carbocycles. The normalized spacial score (nSPS) is 23.5. The Kier molecular flexibility index (Phi) is 4.03. The van der Waals surface area contributed by atoms with Gasteiger partial charge in [-0.1, -0.05) is 0 Å². The van der Waals surface area contributed by atoms with Crippen LogP contribution in [0.4, 0.5) is 11.5 Å². The Bertz CT molecular complexity index is 531. The van der Waals surface area contributed by atoms with Crippen LogP contribution in [0.3, 0.4) is 0 Å². The number of ether oxygens (including phenoxy) is 2. The summed E-state index contributed by atoms with van der Waals surface area (Å²) < 4.78 is 11.2. The predicted molar refractivity (Wildman–Crippen MR) is 76.3 cm³/mol. The van der Waals surface area contributed by atoms with Crippen LogP contribution < -0.4 is 4.90 Å². The molecule has 0 saturated carbocycles. The van der Waals surface area contributed by atoms with Gasteiger partial charge in [-0.15, -0.1) is 0 Å². The third-order valence-electron chi connectivity index (χ3n) is 4.04. The quantitative estimate of drug-likeness (QED) is 0.625. The molecule has 0 N–H and O–H groups in total. The number of hydrogen-bond acceptors (Lipinski definition) is 6. The molecule has 0 radical (unpaired) electrons. The van der Waals surface area contributed by atoms with Crippen LogP contribution in [0.25, 0.3) is 0 Å². The van der Waals surface area contributed by atoms with Crippen molar-refractivity contribution in [2.75, 3.05) is 31.2 Å². The number of rotatable bonds is 3. The highest BCUT2D eigenvalue weighted by molar-refractivity contribution is 5.50. The van der Waals surface area contributed by atoms with Crippen molar-refractivity contribution in [1.29, 1.82) is 0 Å². The van der Waals surface area contributed by atoms with Gasteiger partial charge in [0.1, 0.15) is 12.0 Å². The summed E-state index contributed by atoms with van der Waals surface area (Å²) in [5.74, 6) is 1.15. The summed E-state index contributed by atoms with van der Waals surface area (Å²) in [7, 11) is 0. The van der Waals surface area contributed by atoms with E-state index in [-0.39, 0.29) is 12.0 Å². The maximum Gasteiger partial charge on any atom is 0.287 e. The van der Waals surface area contributed by atoms with Crippen LogP contribution in [-0.4, -0.2) is 42.5 Å². The van der Waals surface area contributed by atoms with Gasteiger partial charge in [-0.25, -0.2) is 4.98 Å². The number of pyridine rings is 1. The number of aryl methyl sites for hydroxylation is 1. The highest BCUT2D eigenvalue weighted by Gasteiger charge is 2.32.